The van der Waals surface area contributed by atoms with Crippen LogP contribution in [0.4, 0.5) is 0 Å². The minimum absolute atomic E-state index is 0. The third-order valence-electron chi connectivity index (χ3n) is 1.38. The van der Waals surface area contributed by atoms with Crippen LogP contribution in [-0.2, 0) is 9.59 Å². The van der Waals surface area contributed by atoms with Gasteiger partial charge in [-0.3, -0.25) is 0 Å². The van der Waals surface area contributed by atoms with Gasteiger partial charge in [-0.05, 0) is 5.56 Å². The van der Waals surface area contributed by atoms with Crippen molar-refractivity contribution in [2.24, 2.45) is 0 Å². The third kappa shape index (κ3) is 21.2. The first-order valence-corrected chi connectivity index (χ1v) is 4.86. The molecule has 0 aliphatic carbocycles. The van der Waals surface area contributed by atoms with Crippen LogP contribution in [0.3, 0.4) is 0 Å². The smallest absolute Gasteiger partial charge is 0.327 e. The van der Waals surface area contributed by atoms with Crippen molar-refractivity contribution in [1.29, 1.82) is 0 Å². The summed E-state index contributed by atoms with van der Waals surface area (Å²) in [6, 6.07) is 10.0. The fourth-order valence-electron chi connectivity index (χ4n) is 0.589. The highest BCUT2D eigenvalue weighted by atomic mass is 16.4. The molecular formula is C14H19NO4. The molecule has 5 N–H and O–H groups in total. The molecule has 19 heavy (non-hydrogen) atoms. The first-order valence-electron chi connectivity index (χ1n) is 4.86. The fourth-order valence-corrected chi connectivity index (χ4v) is 0.589. The van der Waals surface area contributed by atoms with Crippen LogP contribution in [0.15, 0.2) is 62.2 Å². The lowest BCUT2D eigenvalue weighted by atomic mass is 10.2. The molecule has 5 nitrogen and oxygen atoms in total. The Kier molecular flexibility index (Phi) is 17.4. The molecule has 0 fully saturated rings. The summed E-state index contributed by atoms with van der Waals surface area (Å²) in [6.45, 7) is 9.55. The molecule has 1 aromatic carbocycles. The van der Waals surface area contributed by atoms with Crippen LogP contribution in [0.25, 0.3) is 6.08 Å². The number of rotatable bonds is 3. The molecule has 104 valence electrons. The van der Waals surface area contributed by atoms with Crippen molar-refractivity contribution in [3.63, 3.8) is 0 Å². The molecule has 0 radical (unpaired) electrons. The molecule has 1 rings (SSSR count). The maximum absolute atomic E-state index is 9.25. The van der Waals surface area contributed by atoms with Crippen molar-refractivity contribution in [2.75, 3.05) is 0 Å². The van der Waals surface area contributed by atoms with Gasteiger partial charge in [0.05, 0.1) is 0 Å². The van der Waals surface area contributed by atoms with E-state index in [1.165, 1.54) is 5.56 Å². The van der Waals surface area contributed by atoms with Crippen LogP contribution in [0.2, 0.25) is 0 Å². The quantitative estimate of drug-likeness (QED) is 0.728. The number of hydrogen-bond donors (Lipinski definition) is 3. The molecule has 0 aromatic heterocycles. The predicted molar refractivity (Wildman–Crippen MR) is 77.2 cm³/mol. The van der Waals surface area contributed by atoms with Gasteiger partial charge in [0, 0.05) is 12.2 Å². The van der Waals surface area contributed by atoms with Crippen molar-refractivity contribution < 1.29 is 19.8 Å². The molecule has 0 spiro atoms. The zero-order valence-electron chi connectivity index (χ0n) is 10.7. The summed E-state index contributed by atoms with van der Waals surface area (Å²) in [5, 5.41) is 15.2. The van der Waals surface area contributed by atoms with E-state index in [9.17, 15) is 9.59 Å². The first kappa shape index (κ1) is 21.6. The summed E-state index contributed by atoms with van der Waals surface area (Å²) >= 11 is 0. The van der Waals surface area contributed by atoms with E-state index in [2.05, 4.69) is 19.7 Å². The van der Waals surface area contributed by atoms with Crippen molar-refractivity contribution in [2.45, 2.75) is 0 Å². The predicted octanol–water partition coefficient (Wildman–Crippen LogP) is 3.01. The Hall–Kier alpha value is -2.66. The maximum Gasteiger partial charge on any atom is 0.327 e. The normalized spacial score (nSPS) is 6.95. The lowest BCUT2D eigenvalue weighted by Gasteiger charge is -1.85. The van der Waals surface area contributed by atoms with Crippen molar-refractivity contribution in [3.05, 3.63) is 67.8 Å². The summed E-state index contributed by atoms with van der Waals surface area (Å²) in [7, 11) is 0. The highest BCUT2D eigenvalue weighted by molar-refractivity contribution is 5.79. The Bertz CT molecular complexity index is 381. The zero-order valence-corrected chi connectivity index (χ0v) is 10.7. The van der Waals surface area contributed by atoms with Gasteiger partial charge >= 0.3 is 11.9 Å². The number of carboxylic acids is 2. The average Bonchev–Trinajstić information content (AvgIpc) is 2.41. The van der Waals surface area contributed by atoms with Gasteiger partial charge in [0.1, 0.15) is 0 Å². The summed E-state index contributed by atoms with van der Waals surface area (Å²) in [5.41, 5.74) is 1.17. The number of aliphatic carboxylic acids is 2. The van der Waals surface area contributed by atoms with Crippen LogP contribution in [0.5, 0.6) is 0 Å². The molecule has 0 aliphatic rings. The van der Waals surface area contributed by atoms with E-state index in [0.717, 1.165) is 12.2 Å². The topological polar surface area (TPSA) is 110 Å². The summed E-state index contributed by atoms with van der Waals surface area (Å²) < 4.78 is 0. The molecular weight excluding hydrogens is 246 g/mol. The molecule has 0 unspecified atom stereocenters. The van der Waals surface area contributed by atoms with Crippen LogP contribution in [-0.4, -0.2) is 22.2 Å². The van der Waals surface area contributed by atoms with E-state index in [1.807, 2.05) is 36.4 Å². The van der Waals surface area contributed by atoms with Gasteiger partial charge in [0.15, 0.2) is 0 Å². The molecule has 1 aromatic rings. The second-order valence-electron chi connectivity index (χ2n) is 2.70. The molecule has 0 aliphatic heterocycles. The molecule has 0 saturated heterocycles. The first-order chi connectivity index (χ1) is 8.47. The minimum Gasteiger partial charge on any atom is -0.478 e. The van der Waals surface area contributed by atoms with Gasteiger partial charge in [-0.2, -0.15) is 0 Å². The van der Waals surface area contributed by atoms with Gasteiger partial charge in [-0.1, -0.05) is 56.1 Å². The van der Waals surface area contributed by atoms with Gasteiger partial charge in [0.2, 0.25) is 0 Å². The van der Waals surface area contributed by atoms with Crippen LogP contribution in [0.1, 0.15) is 5.56 Å². The minimum atomic E-state index is -0.981. The molecule has 0 heterocycles. The summed E-state index contributed by atoms with van der Waals surface area (Å²) in [5.74, 6) is -1.96. The van der Waals surface area contributed by atoms with E-state index in [-0.39, 0.29) is 6.15 Å². The number of benzene rings is 1. The second-order valence-corrected chi connectivity index (χ2v) is 2.70. The van der Waals surface area contributed by atoms with Crippen molar-refractivity contribution >= 4 is 18.0 Å². The monoisotopic (exact) mass is 265 g/mol. The van der Waals surface area contributed by atoms with E-state index in [0.29, 0.717) is 0 Å². The highest BCUT2D eigenvalue weighted by Crippen LogP contribution is 1.97. The van der Waals surface area contributed by atoms with Crippen LogP contribution < -0.4 is 6.15 Å². The van der Waals surface area contributed by atoms with Crippen molar-refractivity contribution in [3.8, 4) is 0 Å². The SMILES string of the molecule is C=CC(=O)O.C=CC(=O)O.C=Cc1ccccc1.N. The Morgan fingerprint density at radius 1 is 0.895 bits per heavy atom. The van der Waals surface area contributed by atoms with E-state index in [4.69, 9.17) is 10.2 Å². The maximum atomic E-state index is 9.25. The lowest BCUT2D eigenvalue weighted by molar-refractivity contribution is -0.132. The number of carbonyl (C=O) groups is 2. The Morgan fingerprint density at radius 3 is 1.37 bits per heavy atom. The van der Waals surface area contributed by atoms with E-state index in [1.54, 1.807) is 0 Å². The molecule has 0 bridgehead atoms. The lowest BCUT2D eigenvalue weighted by Crippen LogP contribution is -1.82. The third-order valence-corrected chi connectivity index (χ3v) is 1.38. The molecule has 5 heteroatoms. The van der Waals surface area contributed by atoms with Crippen molar-refractivity contribution in [1.82, 2.24) is 6.15 Å². The van der Waals surface area contributed by atoms with Crippen LogP contribution in [0, 0.1) is 0 Å². The molecule has 0 saturated carbocycles. The van der Waals surface area contributed by atoms with E-state index >= 15 is 0 Å². The van der Waals surface area contributed by atoms with Gasteiger partial charge in [-0.25, -0.2) is 9.59 Å². The van der Waals surface area contributed by atoms with E-state index < -0.39 is 11.9 Å². The fraction of sp³-hybridized carbons (Fsp3) is 0. The Balaban J connectivity index is -0.000000208. The highest BCUT2D eigenvalue weighted by Gasteiger charge is 1.76. The summed E-state index contributed by atoms with van der Waals surface area (Å²) in [4.78, 5) is 18.5. The van der Waals surface area contributed by atoms with Gasteiger partial charge in [-0.15, -0.1) is 0 Å². The average molecular weight is 265 g/mol. The Labute approximate surface area is 112 Å². The van der Waals surface area contributed by atoms with Gasteiger partial charge in [0.25, 0.3) is 0 Å². The Morgan fingerprint density at radius 2 is 1.21 bits per heavy atom. The number of hydrogen-bond acceptors (Lipinski definition) is 3. The number of carboxylic acid groups (broad SMARTS) is 2. The summed E-state index contributed by atoms with van der Waals surface area (Å²) in [6.07, 6.45) is 3.50. The standard InChI is InChI=1S/C8H8.2C3H4O2.H3N/c1-2-8-6-4-3-5-7-8;2*1-2-3(4)5;/h2-7H,1H2;2*2H,1H2,(H,4,5);1H3. The molecule has 0 amide bonds. The molecule has 0 atom stereocenters. The zero-order chi connectivity index (χ0) is 14.4. The second kappa shape index (κ2) is 15.3. The van der Waals surface area contributed by atoms with Gasteiger partial charge < -0.3 is 16.4 Å². The van der Waals surface area contributed by atoms with Crippen LogP contribution >= 0.6 is 0 Å². The largest absolute Gasteiger partial charge is 0.478 e.